The maximum atomic E-state index is 11.1. The molecular weight excluding hydrogens is 275 g/mol. The van der Waals surface area contributed by atoms with Crippen LogP contribution in [0.25, 0.3) is 0 Å². The number of azo groups is 1. The van der Waals surface area contributed by atoms with Crippen molar-refractivity contribution in [3.05, 3.63) is 40.0 Å². The molecule has 4 nitrogen and oxygen atoms in total. The number of carbonyl (C=O) groups excluding carboxylic acids is 1. The lowest BCUT2D eigenvalue weighted by molar-refractivity contribution is -0.137. The Morgan fingerprint density at radius 1 is 1.44 bits per heavy atom. The maximum Gasteiger partial charge on any atom is 0.332 e. The molecule has 0 fully saturated rings. The molecule has 1 rings (SSSR count). The lowest BCUT2D eigenvalue weighted by Crippen LogP contribution is -1.99. The van der Waals surface area contributed by atoms with Gasteiger partial charge in [0, 0.05) is 11.1 Å². The van der Waals surface area contributed by atoms with Gasteiger partial charge in [-0.05, 0) is 32.0 Å². The number of benzene rings is 1. The SMILES string of the molecule is CCOC(=O)/C=C(\C)N=Nc1cc(Cl)ccc1Cl. The van der Waals surface area contributed by atoms with Crippen molar-refractivity contribution in [2.24, 2.45) is 10.2 Å². The Kier molecular flexibility index (Phi) is 5.82. The fourth-order valence-corrected chi connectivity index (χ4v) is 1.40. The molecule has 0 N–H and O–H groups in total. The van der Waals surface area contributed by atoms with Gasteiger partial charge in [0.05, 0.1) is 17.3 Å². The standard InChI is InChI=1S/C12H12Cl2N2O2/c1-3-18-12(17)6-8(2)15-16-11-7-9(13)4-5-10(11)14/h4-7H,3H2,1-2H3/b8-6+,16-15?. The van der Waals surface area contributed by atoms with Crippen LogP contribution in [0.1, 0.15) is 13.8 Å². The van der Waals surface area contributed by atoms with Crippen LogP contribution in [0.5, 0.6) is 0 Å². The van der Waals surface area contributed by atoms with Crippen LogP contribution in [0.2, 0.25) is 10.0 Å². The van der Waals surface area contributed by atoms with Crippen LogP contribution in [-0.2, 0) is 9.53 Å². The first kappa shape index (κ1) is 14.7. The van der Waals surface area contributed by atoms with Crippen LogP contribution in [-0.4, -0.2) is 12.6 Å². The highest BCUT2D eigenvalue weighted by molar-refractivity contribution is 6.35. The van der Waals surface area contributed by atoms with E-state index in [1.807, 2.05) is 0 Å². The molecule has 18 heavy (non-hydrogen) atoms. The molecule has 1 aromatic rings. The number of halogens is 2. The van der Waals surface area contributed by atoms with E-state index >= 15 is 0 Å². The molecule has 0 atom stereocenters. The Morgan fingerprint density at radius 3 is 2.83 bits per heavy atom. The van der Waals surface area contributed by atoms with Gasteiger partial charge in [0.2, 0.25) is 0 Å². The summed E-state index contributed by atoms with van der Waals surface area (Å²) in [5.74, 6) is -0.453. The third-order valence-electron chi connectivity index (χ3n) is 1.84. The summed E-state index contributed by atoms with van der Waals surface area (Å²) >= 11 is 11.7. The Bertz CT molecular complexity index is 499. The zero-order valence-electron chi connectivity index (χ0n) is 9.98. The Hall–Kier alpha value is -1.39. The van der Waals surface area contributed by atoms with Crippen molar-refractivity contribution in [1.29, 1.82) is 0 Å². The first-order valence-electron chi connectivity index (χ1n) is 5.24. The molecular formula is C12H12Cl2N2O2. The van der Waals surface area contributed by atoms with E-state index in [4.69, 9.17) is 27.9 Å². The average Bonchev–Trinajstić information content (AvgIpc) is 2.30. The van der Waals surface area contributed by atoms with Crippen LogP contribution in [0.15, 0.2) is 40.2 Å². The van der Waals surface area contributed by atoms with Gasteiger partial charge in [-0.2, -0.15) is 5.11 Å². The van der Waals surface area contributed by atoms with Gasteiger partial charge in [-0.15, -0.1) is 5.11 Å². The van der Waals surface area contributed by atoms with Crippen molar-refractivity contribution in [3.63, 3.8) is 0 Å². The number of esters is 1. The average molecular weight is 287 g/mol. The molecule has 1 aromatic carbocycles. The predicted octanol–water partition coefficient (Wildman–Crippen LogP) is 4.54. The van der Waals surface area contributed by atoms with Gasteiger partial charge in [-0.1, -0.05) is 23.2 Å². The van der Waals surface area contributed by atoms with Crippen LogP contribution < -0.4 is 0 Å². The van der Waals surface area contributed by atoms with E-state index in [2.05, 4.69) is 10.2 Å². The van der Waals surface area contributed by atoms with Gasteiger partial charge in [-0.3, -0.25) is 0 Å². The van der Waals surface area contributed by atoms with Gasteiger partial charge >= 0.3 is 5.97 Å². The summed E-state index contributed by atoms with van der Waals surface area (Å²) in [6, 6.07) is 4.87. The van der Waals surface area contributed by atoms with Crippen molar-refractivity contribution >= 4 is 34.9 Å². The molecule has 0 unspecified atom stereocenters. The van der Waals surface area contributed by atoms with Crippen LogP contribution >= 0.6 is 23.2 Å². The summed E-state index contributed by atoms with van der Waals surface area (Å²) in [6.07, 6.45) is 1.26. The van der Waals surface area contributed by atoms with Gasteiger partial charge in [0.1, 0.15) is 5.69 Å². The molecule has 0 radical (unpaired) electrons. The van der Waals surface area contributed by atoms with E-state index in [-0.39, 0.29) is 0 Å². The number of carbonyl (C=O) groups is 1. The third kappa shape index (κ3) is 4.85. The summed E-state index contributed by atoms with van der Waals surface area (Å²) in [7, 11) is 0. The number of hydrogen-bond acceptors (Lipinski definition) is 4. The second-order valence-corrected chi connectivity index (χ2v) is 4.18. The Labute approximate surface area is 115 Å². The number of nitrogens with zero attached hydrogens (tertiary/aromatic N) is 2. The van der Waals surface area contributed by atoms with Gasteiger partial charge in [0.15, 0.2) is 0 Å². The zero-order chi connectivity index (χ0) is 13.5. The minimum atomic E-state index is -0.453. The van der Waals surface area contributed by atoms with E-state index in [1.54, 1.807) is 32.0 Å². The quantitative estimate of drug-likeness (QED) is 0.463. The Balaban J connectivity index is 2.80. The molecule has 96 valence electrons. The lowest BCUT2D eigenvalue weighted by atomic mass is 10.3. The largest absolute Gasteiger partial charge is 0.463 e. The van der Waals surface area contributed by atoms with Crippen LogP contribution in [0, 0.1) is 0 Å². The summed E-state index contributed by atoms with van der Waals surface area (Å²) in [4.78, 5) is 11.1. The molecule has 0 aliphatic carbocycles. The highest BCUT2D eigenvalue weighted by atomic mass is 35.5. The van der Waals surface area contributed by atoms with E-state index in [9.17, 15) is 4.79 Å². The fraction of sp³-hybridized carbons (Fsp3) is 0.250. The van der Waals surface area contributed by atoms with Gasteiger partial charge in [-0.25, -0.2) is 4.79 Å². The summed E-state index contributed by atoms with van der Waals surface area (Å²) in [5.41, 5.74) is 0.866. The molecule has 0 spiro atoms. The lowest BCUT2D eigenvalue weighted by Gasteiger charge is -1.98. The smallest absolute Gasteiger partial charge is 0.332 e. The number of ether oxygens (including phenoxy) is 1. The first-order valence-corrected chi connectivity index (χ1v) is 6.00. The van der Waals surface area contributed by atoms with Crippen LogP contribution in [0.4, 0.5) is 5.69 Å². The highest BCUT2D eigenvalue weighted by Gasteiger charge is 2.00. The minimum Gasteiger partial charge on any atom is -0.463 e. The second kappa shape index (κ2) is 7.13. The van der Waals surface area contributed by atoms with E-state index in [1.165, 1.54) is 6.08 Å². The van der Waals surface area contributed by atoms with E-state index in [0.29, 0.717) is 28.0 Å². The normalized spacial score (nSPS) is 11.9. The van der Waals surface area contributed by atoms with Crippen molar-refractivity contribution in [2.75, 3.05) is 6.61 Å². The summed E-state index contributed by atoms with van der Waals surface area (Å²) in [6.45, 7) is 3.69. The molecule has 0 saturated carbocycles. The molecule has 0 aliphatic heterocycles. The fourth-order valence-electron chi connectivity index (χ4n) is 1.08. The summed E-state index contributed by atoms with van der Waals surface area (Å²) < 4.78 is 4.74. The zero-order valence-corrected chi connectivity index (χ0v) is 11.5. The predicted molar refractivity (Wildman–Crippen MR) is 71.4 cm³/mol. The highest BCUT2D eigenvalue weighted by Crippen LogP contribution is 2.28. The number of hydrogen-bond donors (Lipinski definition) is 0. The minimum absolute atomic E-state index is 0.319. The molecule has 0 aliphatic rings. The van der Waals surface area contributed by atoms with Crippen molar-refractivity contribution in [3.8, 4) is 0 Å². The second-order valence-electron chi connectivity index (χ2n) is 3.33. The third-order valence-corrected chi connectivity index (χ3v) is 2.39. The van der Waals surface area contributed by atoms with Crippen LogP contribution in [0.3, 0.4) is 0 Å². The first-order chi connectivity index (χ1) is 8.52. The molecule has 0 saturated heterocycles. The van der Waals surface area contributed by atoms with Crippen molar-refractivity contribution in [2.45, 2.75) is 13.8 Å². The monoisotopic (exact) mass is 286 g/mol. The molecule has 0 amide bonds. The number of rotatable bonds is 4. The molecule has 0 bridgehead atoms. The summed E-state index contributed by atoms with van der Waals surface area (Å²) in [5, 5.41) is 8.72. The maximum absolute atomic E-state index is 11.1. The molecule has 0 aromatic heterocycles. The van der Waals surface area contributed by atoms with Crippen molar-refractivity contribution in [1.82, 2.24) is 0 Å². The molecule has 6 heteroatoms. The van der Waals surface area contributed by atoms with Crippen molar-refractivity contribution < 1.29 is 9.53 Å². The molecule has 0 heterocycles. The van der Waals surface area contributed by atoms with Gasteiger partial charge < -0.3 is 4.74 Å². The van der Waals surface area contributed by atoms with E-state index < -0.39 is 5.97 Å². The number of allylic oxidation sites excluding steroid dienone is 1. The van der Waals surface area contributed by atoms with Gasteiger partial charge in [0.25, 0.3) is 0 Å². The Morgan fingerprint density at radius 2 is 2.17 bits per heavy atom. The topological polar surface area (TPSA) is 51.0 Å². The van der Waals surface area contributed by atoms with E-state index in [0.717, 1.165) is 0 Å².